The number of carbonyl (C=O) groups is 1. The summed E-state index contributed by atoms with van der Waals surface area (Å²) >= 11 is 0. The summed E-state index contributed by atoms with van der Waals surface area (Å²) in [4.78, 5) is 11.8. The van der Waals surface area contributed by atoms with E-state index in [0.29, 0.717) is 13.2 Å². The summed E-state index contributed by atoms with van der Waals surface area (Å²) < 4.78 is 5.05. The Bertz CT molecular complexity index is 229. The van der Waals surface area contributed by atoms with Gasteiger partial charge in [0.15, 0.2) is 0 Å². The summed E-state index contributed by atoms with van der Waals surface area (Å²) in [6.07, 6.45) is 1.84. The van der Waals surface area contributed by atoms with Gasteiger partial charge in [-0.15, -0.1) is 0 Å². The van der Waals surface area contributed by atoms with Gasteiger partial charge in [-0.25, -0.2) is 0 Å². The Morgan fingerprint density at radius 2 is 2.06 bits per heavy atom. The van der Waals surface area contributed by atoms with Gasteiger partial charge in [-0.05, 0) is 17.8 Å². The third kappa shape index (κ3) is 6.64. The first-order valence-electron chi connectivity index (χ1n) is 6.36. The number of nitrogens with one attached hydrogen (secondary N) is 1. The van der Waals surface area contributed by atoms with E-state index < -0.39 is 6.04 Å². The molecule has 0 saturated heterocycles. The van der Waals surface area contributed by atoms with Gasteiger partial charge in [0.05, 0.1) is 6.04 Å². The molecule has 0 rings (SSSR count). The van der Waals surface area contributed by atoms with Crippen molar-refractivity contribution in [2.45, 2.75) is 46.6 Å². The first kappa shape index (κ1) is 16.4. The van der Waals surface area contributed by atoms with E-state index in [-0.39, 0.29) is 17.2 Å². The lowest BCUT2D eigenvalue weighted by Crippen LogP contribution is -2.47. The lowest BCUT2D eigenvalue weighted by molar-refractivity contribution is -0.123. The number of hydrogen-bond acceptors (Lipinski definition) is 3. The van der Waals surface area contributed by atoms with Crippen LogP contribution < -0.4 is 11.1 Å². The van der Waals surface area contributed by atoms with Gasteiger partial charge < -0.3 is 15.8 Å². The highest BCUT2D eigenvalue weighted by Gasteiger charge is 2.23. The Hall–Kier alpha value is -0.610. The van der Waals surface area contributed by atoms with E-state index in [1.165, 1.54) is 0 Å². The highest BCUT2D eigenvalue weighted by Crippen LogP contribution is 2.18. The predicted molar refractivity (Wildman–Crippen MR) is 70.7 cm³/mol. The highest BCUT2D eigenvalue weighted by molar-refractivity contribution is 5.81. The summed E-state index contributed by atoms with van der Waals surface area (Å²) in [6.45, 7) is 9.61. The Morgan fingerprint density at radius 3 is 2.53 bits per heavy atom. The van der Waals surface area contributed by atoms with Crippen molar-refractivity contribution in [2.75, 3.05) is 20.3 Å². The average Bonchev–Trinajstić information content (AvgIpc) is 2.31. The van der Waals surface area contributed by atoms with Crippen molar-refractivity contribution in [3.8, 4) is 0 Å². The maximum absolute atomic E-state index is 11.8. The van der Waals surface area contributed by atoms with Crippen LogP contribution in [0.15, 0.2) is 0 Å². The molecule has 0 aliphatic rings. The zero-order valence-electron chi connectivity index (χ0n) is 11.9. The molecular weight excluding hydrogens is 216 g/mol. The molecule has 0 aromatic carbocycles. The normalized spacial score (nSPS) is 15.4. The van der Waals surface area contributed by atoms with Crippen LogP contribution in [-0.4, -0.2) is 32.2 Å². The SMILES string of the molecule is CC[C@H](C)[C@H](N)C(=O)NCC(C)(C)CCOC. The molecule has 4 nitrogen and oxygen atoms in total. The summed E-state index contributed by atoms with van der Waals surface area (Å²) in [5.74, 6) is 0.168. The number of methoxy groups -OCH3 is 1. The maximum atomic E-state index is 11.8. The van der Waals surface area contributed by atoms with Gasteiger partial charge in [0, 0.05) is 20.3 Å². The lowest BCUT2D eigenvalue weighted by atomic mass is 9.89. The second-order valence-electron chi connectivity index (χ2n) is 5.54. The average molecular weight is 244 g/mol. The minimum atomic E-state index is -0.404. The smallest absolute Gasteiger partial charge is 0.237 e. The van der Waals surface area contributed by atoms with Crippen molar-refractivity contribution in [3.05, 3.63) is 0 Å². The zero-order chi connectivity index (χ0) is 13.5. The molecule has 0 aromatic rings. The number of nitrogens with two attached hydrogens (primary N) is 1. The molecule has 102 valence electrons. The predicted octanol–water partition coefficient (Wildman–Crippen LogP) is 1.54. The minimum Gasteiger partial charge on any atom is -0.385 e. The van der Waals surface area contributed by atoms with Gasteiger partial charge in [0.25, 0.3) is 0 Å². The molecule has 0 spiro atoms. The molecule has 0 aromatic heterocycles. The van der Waals surface area contributed by atoms with Gasteiger partial charge >= 0.3 is 0 Å². The second-order valence-corrected chi connectivity index (χ2v) is 5.54. The van der Waals surface area contributed by atoms with E-state index in [1.54, 1.807) is 7.11 Å². The molecule has 1 amide bonds. The molecule has 0 bridgehead atoms. The summed E-state index contributed by atoms with van der Waals surface area (Å²) in [6, 6.07) is -0.404. The molecule has 17 heavy (non-hydrogen) atoms. The number of amides is 1. The Morgan fingerprint density at radius 1 is 1.47 bits per heavy atom. The molecule has 0 radical (unpaired) electrons. The zero-order valence-corrected chi connectivity index (χ0v) is 11.9. The Labute approximate surface area is 105 Å². The Kier molecular flexibility index (Phi) is 7.39. The number of ether oxygens (including phenoxy) is 1. The van der Waals surface area contributed by atoms with Crippen LogP contribution in [0.2, 0.25) is 0 Å². The topological polar surface area (TPSA) is 64.4 Å². The van der Waals surface area contributed by atoms with Crippen LogP contribution in [0.5, 0.6) is 0 Å². The summed E-state index contributed by atoms with van der Waals surface area (Å²) in [5.41, 5.74) is 5.91. The molecule has 4 heteroatoms. The van der Waals surface area contributed by atoms with Crippen molar-refractivity contribution < 1.29 is 9.53 Å². The molecule has 2 atom stereocenters. The first-order chi connectivity index (χ1) is 7.84. The van der Waals surface area contributed by atoms with Gasteiger partial charge in [-0.3, -0.25) is 4.79 Å². The van der Waals surface area contributed by atoms with E-state index in [9.17, 15) is 4.79 Å². The van der Waals surface area contributed by atoms with Crippen LogP contribution in [-0.2, 0) is 9.53 Å². The van der Waals surface area contributed by atoms with E-state index in [2.05, 4.69) is 19.2 Å². The second kappa shape index (κ2) is 7.67. The van der Waals surface area contributed by atoms with Gasteiger partial charge in [0.1, 0.15) is 0 Å². The summed E-state index contributed by atoms with van der Waals surface area (Å²) in [5, 5.41) is 2.93. The largest absolute Gasteiger partial charge is 0.385 e. The number of carbonyl (C=O) groups excluding carboxylic acids is 1. The van der Waals surface area contributed by atoms with Crippen molar-refractivity contribution >= 4 is 5.91 Å². The van der Waals surface area contributed by atoms with Gasteiger partial charge in [-0.2, -0.15) is 0 Å². The fourth-order valence-corrected chi connectivity index (χ4v) is 1.42. The third-order valence-corrected chi connectivity index (χ3v) is 3.28. The first-order valence-corrected chi connectivity index (χ1v) is 6.36. The fraction of sp³-hybridized carbons (Fsp3) is 0.923. The molecule has 0 aliphatic carbocycles. The summed E-state index contributed by atoms with van der Waals surface area (Å²) in [7, 11) is 1.69. The van der Waals surface area contributed by atoms with Gasteiger partial charge in [-0.1, -0.05) is 34.1 Å². The number of hydrogen-bond donors (Lipinski definition) is 2. The van der Waals surface area contributed by atoms with E-state index in [0.717, 1.165) is 12.8 Å². The van der Waals surface area contributed by atoms with Crippen LogP contribution in [0.25, 0.3) is 0 Å². The number of rotatable bonds is 8. The van der Waals surface area contributed by atoms with Crippen molar-refractivity contribution in [3.63, 3.8) is 0 Å². The standard InChI is InChI=1S/C13H28N2O2/c1-6-10(2)11(14)12(16)15-9-13(3,4)7-8-17-5/h10-11H,6-9,14H2,1-5H3,(H,15,16)/t10-,11-/m0/s1. The quantitative estimate of drug-likeness (QED) is 0.680. The molecule has 0 unspecified atom stereocenters. The van der Waals surface area contributed by atoms with Gasteiger partial charge in [0.2, 0.25) is 5.91 Å². The van der Waals surface area contributed by atoms with Crippen molar-refractivity contribution in [1.82, 2.24) is 5.32 Å². The van der Waals surface area contributed by atoms with E-state index >= 15 is 0 Å². The molecular formula is C13H28N2O2. The van der Waals surface area contributed by atoms with Crippen LogP contribution >= 0.6 is 0 Å². The molecule has 0 saturated carbocycles. The molecule has 0 heterocycles. The van der Waals surface area contributed by atoms with Crippen molar-refractivity contribution in [1.29, 1.82) is 0 Å². The monoisotopic (exact) mass is 244 g/mol. The van der Waals surface area contributed by atoms with Crippen LogP contribution in [0, 0.1) is 11.3 Å². The third-order valence-electron chi connectivity index (χ3n) is 3.28. The molecule has 0 aliphatic heterocycles. The lowest BCUT2D eigenvalue weighted by Gasteiger charge is -2.26. The van der Waals surface area contributed by atoms with Crippen LogP contribution in [0.1, 0.15) is 40.5 Å². The highest BCUT2D eigenvalue weighted by atomic mass is 16.5. The Balaban J connectivity index is 4.05. The molecule has 0 fully saturated rings. The van der Waals surface area contributed by atoms with E-state index in [4.69, 9.17) is 10.5 Å². The minimum absolute atomic E-state index is 0.0425. The van der Waals surface area contributed by atoms with E-state index in [1.807, 2.05) is 13.8 Å². The van der Waals surface area contributed by atoms with Crippen LogP contribution in [0.4, 0.5) is 0 Å². The fourth-order valence-electron chi connectivity index (χ4n) is 1.42. The van der Waals surface area contributed by atoms with Crippen molar-refractivity contribution in [2.24, 2.45) is 17.1 Å². The maximum Gasteiger partial charge on any atom is 0.237 e. The molecule has 3 N–H and O–H groups in total. The van der Waals surface area contributed by atoms with Crippen LogP contribution in [0.3, 0.4) is 0 Å².